The number of halogens is 2. The highest BCUT2D eigenvalue weighted by Crippen LogP contribution is 2.29. The summed E-state index contributed by atoms with van der Waals surface area (Å²) in [7, 11) is 0. The molecule has 1 aliphatic heterocycles. The van der Waals surface area contributed by atoms with Crippen LogP contribution in [0.25, 0.3) is 11.0 Å². The SMILES string of the molecule is CC1(C)OCCN(c2ccc3c(c2)nc(NC(=O)c2cccc(C(F)F)c2)n3CCCO)C1=O. The third-order valence-electron chi connectivity index (χ3n) is 5.75. The van der Waals surface area contributed by atoms with Gasteiger partial charge in [0.1, 0.15) is 5.60 Å². The van der Waals surface area contributed by atoms with Crippen LogP contribution in [0.5, 0.6) is 0 Å². The van der Waals surface area contributed by atoms with Crippen molar-refractivity contribution in [2.75, 3.05) is 30.0 Å². The maximum atomic E-state index is 13.0. The number of carbonyl (C=O) groups excluding carboxylic acids is 2. The number of aromatic nitrogens is 2. The third kappa shape index (κ3) is 4.64. The molecule has 0 radical (unpaired) electrons. The predicted molar refractivity (Wildman–Crippen MR) is 123 cm³/mol. The van der Waals surface area contributed by atoms with Crippen LogP contribution in [0.4, 0.5) is 20.4 Å². The zero-order valence-electron chi connectivity index (χ0n) is 18.9. The second-order valence-electron chi connectivity index (χ2n) is 8.53. The number of fused-ring (bicyclic) bond motifs is 1. The number of carbonyl (C=O) groups is 2. The fraction of sp³-hybridized carbons (Fsp3) is 0.375. The summed E-state index contributed by atoms with van der Waals surface area (Å²) in [5, 5.41) is 12.0. The van der Waals surface area contributed by atoms with Crippen LogP contribution in [0, 0.1) is 0 Å². The molecule has 0 aliphatic carbocycles. The predicted octanol–water partition coefficient (Wildman–Crippen LogP) is 3.75. The molecular formula is C24H26F2N4O4. The van der Waals surface area contributed by atoms with Crippen molar-refractivity contribution in [3.8, 4) is 0 Å². The van der Waals surface area contributed by atoms with E-state index in [1.54, 1.807) is 41.5 Å². The van der Waals surface area contributed by atoms with Crippen LogP contribution < -0.4 is 10.2 Å². The molecule has 1 saturated heterocycles. The van der Waals surface area contributed by atoms with Crippen LogP contribution in [-0.4, -0.2) is 51.8 Å². The number of aliphatic hydroxyl groups excluding tert-OH is 1. The second kappa shape index (κ2) is 9.47. The lowest BCUT2D eigenvalue weighted by Gasteiger charge is -2.37. The minimum atomic E-state index is -2.69. The Morgan fingerprint density at radius 3 is 2.79 bits per heavy atom. The molecule has 0 spiro atoms. The molecular weight excluding hydrogens is 446 g/mol. The number of rotatable bonds is 7. The van der Waals surface area contributed by atoms with Gasteiger partial charge >= 0.3 is 0 Å². The van der Waals surface area contributed by atoms with E-state index < -0.39 is 17.9 Å². The van der Waals surface area contributed by atoms with E-state index in [9.17, 15) is 23.5 Å². The van der Waals surface area contributed by atoms with Gasteiger partial charge in [-0.15, -0.1) is 0 Å². The van der Waals surface area contributed by atoms with E-state index in [2.05, 4.69) is 10.3 Å². The van der Waals surface area contributed by atoms with Gasteiger partial charge in [0.2, 0.25) is 5.95 Å². The summed E-state index contributed by atoms with van der Waals surface area (Å²) in [6.07, 6.45) is -2.26. The van der Waals surface area contributed by atoms with Crippen LogP contribution in [0.2, 0.25) is 0 Å². The van der Waals surface area contributed by atoms with Gasteiger partial charge in [-0.2, -0.15) is 0 Å². The quantitative estimate of drug-likeness (QED) is 0.546. The molecule has 10 heteroatoms. The van der Waals surface area contributed by atoms with Crippen molar-refractivity contribution in [3.05, 3.63) is 53.6 Å². The number of amides is 2. The van der Waals surface area contributed by atoms with Gasteiger partial charge in [0, 0.05) is 36.5 Å². The highest BCUT2D eigenvalue weighted by molar-refractivity contribution is 6.05. The second-order valence-corrected chi connectivity index (χ2v) is 8.53. The minimum absolute atomic E-state index is 0.0566. The molecule has 2 heterocycles. The molecule has 2 N–H and O–H groups in total. The Hall–Kier alpha value is -3.37. The number of ether oxygens (including phenoxy) is 1. The highest BCUT2D eigenvalue weighted by atomic mass is 19.3. The average molecular weight is 472 g/mol. The Labute approximate surface area is 195 Å². The van der Waals surface area contributed by atoms with Gasteiger partial charge in [0.15, 0.2) is 0 Å². The molecule has 0 atom stereocenters. The molecule has 3 aromatic rings. The molecule has 1 aliphatic rings. The van der Waals surface area contributed by atoms with Crippen molar-refractivity contribution in [3.63, 3.8) is 0 Å². The first-order chi connectivity index (χ1) is 16.2. The lowest BCUT2D eigenvalue weighted by Crippen LogP contribution is -2.53. The average Bonchev–Trinajstić information content (AvgIpc) is 3.15. The number of morpholine rings is 1. The van der Waals surface area contributed by atoms with Gasteiger partial charge in [-0.05, 0) is 50.6 Å². The van der Waals surface area contributed by atoms with Crippen molar-refractivity contribution in [1.82, 2.24) is 9.55 Å². The van der Waals surface area contributed by atoms with E-state index in [0.29, 0.717) is 42.8 Å². The summed E-state index contributed by atoms with van der Waals surface area (Å²) in [4.78, 5) is 31.8. The largest absolute Gasteiger partial charge is 0.396 e. The monoisotopic (exact) mass is 472 g/mol. The standard InChI is InChI=1S/C24H26F2N4O4/c1-24(2)22(33)29(10-12-34-24)17-7-8-19-18(14-17)27-23(30(19)9-4-11-31)28-21(32)16-6-3-5-15(13-16)20(25)26/h3,5-8,13-14,20,31H,4,9-12H2,1-2H3,(H,27,28,32). The Morgan fingerprint density at radius 2 is 2.06 bits per heavy atom. The maximum absolute atomic E-state index is 13.0. The van der Waals surface area contributed by atoms with Crippen LogP contribution in [0.15, 0.2) is 42.5 Å². The van der Waals surface area contributed by atoms with Gasteiger partial charge in [-0.1, -0.05) is 12.1 Å². The molecule has 34 heavy (non-hydrogen) atoms. The fourth-order valence-corrected chi connectivity index (χ4v) is 3.95. The number of hydrogen-bond acceptors (Lipinski definition) is 5. The lowest BCUT2D eigenvalue weighted by atomic mass is 10.1. The number of anilines is 2. The molecule has 0 saturated carbocycles. The van der Waals surface area contributed by atoms with Gasteiger partial charge in [0.05, 0.1) is 17.6 Å². The number of nitrogens with zero attached hydrogens (tertiary/aromatic N) is 3. The summed E-state index contributed by atoms with van der Waals surface area (Å²) < 4.78 is 33.4. The first kappa shape index (κ1) is 23.8. The van der Waals surface area contributed by atoms with Crippen LogP contribution in [0.3, 0.4) is 0 Å². The van der Waals surface area contributed by atoms with Crippen molar-refractivity contribution in [2.45, 2.75) is 38.8 Å². The molecule has 4 rings (SSSR count). The topological polar surface area (TPSA) is 96.7 Å². The van der Waals surface area contributed by atoms with E-state index in [4.69, 9.17) is 4.74 Å². The third-order valence-corrected chi connectivity index (χ3v) is 5.75. The number of alkyl halides is 2. The number of nitrogens with one attached hydrogen (secondary N) is 1. The number of imidazole rings is 1. The number of hydrogen-bond donors (Lipinski definition) is 2. The van der Waals surface area contributed by atoms with Crippen molar-refractivity contribution < 1.29 is 28.2 Å². The summed E-state index contributed by atoms with van der Waals surface area (Å²) in [6.45, 7) is 4.58. The lowest BCUT2D eigenvalue weighted by molar-refractivity contribution is -0.144. The molecule has 0 bridgehead atoms. The van der Waals surface area contributed by atoms with Crippen LogP contribution >= 0.6 is 0 Å². The van der Waals surface area contributed by atoms with E-state index in [1.807, 2.05) is 0 Å². The molecule has 0 unspecified atom stereocenters. The first-order valence-electron chi connectivity index (χ1n) is 11.0. The summed E-state index contributed by atoms with van der Waals surface area (Å²) in [5.41, 5.74) is 0.810. The van der Waals surface area contributed by atoms with Crippen molar-refractivity contribution in [2.24, 2.45) is 0 Å². The van der Waals surface area contributed by atoms with Crippen molar-refractivity contribution in [1.29, 1.82) is 0 Å². The molecule has 180 valence electrons. The van der Waals surface area contributed by atoms with E-state index >= 15 is 0 Å². The zero-order chi connectivity index (χ0) is 24.5. The summed E-state index contributed by atoms with van der Waals surface area (Å²) in [5.74, 6) is -0.514. The molecule has 1 fully saturated rings. The molecule has 8 nitrogen and oxygen atoms in total. The molecule has 2 aromatic carbocycles. The van der Waals surface area contributed by atoms with Gasteiger partial charge < -0.3 is 19.3 Å². The minimum Gasteiger partial charge on any atom is -0.396 e. The van der Waals surface area contributed by atoms with E-state index in [0.717, 1.165) is 6.07 Å². The first-order valence-corrected chi connectivity index (χ1v) is 11.0. The number of benzene rings is 2. The smallest absolute Gasteiger partial charge is 0.263 e. The summed E-state index contributed by atoms with van der Waals surface area (Å²) in [6, 6.07) is 10.6. The Bertz CT molecular complexity index is 1220. The van der Waals surface area contributed by atoms with Gasteiger partial charge in [0.25, 0.3) is 18.2 Å². The maximum Gasteiger partial charge on any atom is 0.263 e. The normalized spacial score (nSPS) is 15.8. The Balaban J connectivity index is 1.68. The molecule has 1 aromatic heterocycles. The van der Waals surface area contributed by atoms with E-state index in [1.165, 1.54) is 18.2 Å². The number of aliphatic hydroxyl groups is 1. The Morgan fingerprint density at radius 1 is 1.26 bits per heavy atom. The van der Waals surface area contributed by atoms with Crippen molar-refractivity contribution >= 4 is 34.5 Å². The highest BCUT2D eigenvalue weighted by Gasteiger charge is 2.37. The molecule has 2 amide bonds. The summed E-state index contributed by atoms with van der Waals surface area (Å²) >= 11 is 0. The number of aryl methyl sites for hydroxylation is 1. The zero-order valence-corrected chi connectivity index (χ0v) is 18.9. The van der Waals surface area contributed by atoms with Gasteiger partial charge in [-0.3, -0.25) is 14.9 Å². The Kier molecular flexibility index (Phi) is 6.63. The van der Waals surface area contributed by atoms with E-state index in [-0.39, 0.29) is 29.6 Å². The van der Waals surface area contributed by atoms with Gasteiger partial charge in [-0.25, -0.2) is 13.8 Å². The van der Waals surface area contributed by atoms with Crippen LogP contribution in [0.1, 0.15) is 42.6 Å². The van der Waals surface area contributed by atoms with Crippen LogP contribution in [-0.2, 0) is 16.1 Å². The fourth-order valence-electron chi connectivity index (χ4n) is 3.95.